The molecule has 3 nitrogen and oxygen atoms in total. The number of unbranched alkanes of at least 4 members (excludes halogenated alkanes) is 1. The van der Waals surface area contributed by atoms with E-state index in [1.807, 2.05) is 55.4 Å². The maximum absolute atomic E-state index is 6.20. The Morgan fingerprint density at radius 1 is 0.979 bits per heavy atom. The highest BCUT2D eigenvalue weighted by Crippen LogP contribution is 2.47. The zero-order valence-corrected chi connectivity index (χ0v) is 34.0. The highest BCUT2D eigenvalue weighted by atomic mass is 16.5. The average Bonchev–Trinajstić information content (AvgIpc) is 3.98. The molecule has 0 bridgehead atoms. The third kappa shape index (κ3) is 21.0. The van der Waals surface area contributed by atoms with Crippen molar-refractivity contribution in [2.24, 2.45) is 23.2 Å². The molecule has 275 valence electrons. The van der Waals surface area contributed by atoms with Crippen molar-refractivity contribution in [3.05, 3.63) is 77.9 Å². The number of ether oxygens (including phenoxy) is 1. The van der Waals surface area contributed by atoms with Gasteiger partial charge in [0.2, 0.25) is 0 Å². The maximum atomic E-state index is 6.20. The third-order valence-electron chi connectivity index (χ3n) is 8.71. The van der Waals surface area contributed by atoms with Crippen molar-refractivity contribution in [3.8, 4) is 0 Å². The van der Waals surface area contributed by atoms with Crippen molar-refractivity contribution in [2.75, 3.05) is 6.61 Å². The molecule has 1 fully saturated rings. The van der Waals surface area contributed by atoms with E-state index in [-0.39, 0.29) is 10.9 Å². The predicted octanol–water partition coefficient (Wildman–Crippen LogP) is 13.0. The molecule has 2 aliphatic rings. The summed E-state index contributed by atoms with van der Waals surface area (Å²) in [5.41, 5.74) is 7.17. The van der Waals surface area contributed by atoms with Gasteiger partial charge in [-0.05, 0) is 104 Å². The van der Waals surface area contributed by atoms with Crippen LogP contribution < -0.4 is 5.32 Å². The molecule has 2 unspecified atom stereocenters. The predicted molar refractivity (Wildman–Crippen MR) is 214 cm³/mol. The van der Waals surface area contributed by atoms with Crippen LogP contribution in [-0.4, -0.2) is 18.1 Å². The van der Waals surface area contributed by atoms with Crippen LogP contribution in [0.25, 0.3) is 0 Å². The fraction of sp³-hybridized carbons (Fsp3) is 0.705. The van der Waals surface area contributed by atoms with Gasteiger partial charge < -0.3 is 15.5 Å². The normalized spacial score (nSPS) is 15.2. The van der Waals surface area contributed by atoms with Gasteiger partial charge in [0.1, 0.15) is 0 Å². The van der Waals surface area contributed by atoms with Crippen LogP contribution in [0.3, 0.4) is 0 Å². The van der Waals surface area contributed by atoms with E-state index >= 15 is 0 Å². The van der Waals surface area contributed by atoms with Crippen LogP contribution in [0, 0.1) is 29.6 Å². The lowest BCUT2D eigenvalue weighted by atomic mass is 9.73. The summed E-state index contributed by atoms with van der Waals surface area (Å²) in [4.78, 5) is 0. The van der Waals surface area contributed by atoms with Gasteiger partial charge in [0.05, 0.1) is 6.61 Å². The summed E-state index contributed by atoms with van der Waals surface area (Å²) in [5, 5.41) is 3.59. The molecule has 2 aliphatic carbocycles. The highest BCUT2D eigenvalue weighted by molar-refractivity contribution is 5.44. The number of benzene rings is 1. The van der Waals surface area contributed by atoms with E-state index in [2.05, 4.69) is 96.8 Å². The molecule has 0 saturated heterocycles. The third-order valence-corrected chi connectivity index (χ3v) is 8.71. The Bertz CT molecular complexity index is 942. The van der Waals surface area contributed by atoms with Gasteiger partial charge >= 0.3 is 0 Å². The molecule has 0 aromatic heterocycles. The molecule has 0 spiro atoms. The molecule has 0 heterocycles. The Kier molecular flexibility index (Phi) is 30.7. The minimum Gasteiger partial charge on any atom is -0.412 e. The SMILES string of the molecule is C=CC(Cc1ccc(C(C)C)c(COCCCCC(=C)NC(C)C2CC2)c1)C[C@@](C)(CCC(C)C)C1=C[CH]1.CC.CC.CC.CC.O. The second-order valence-electron chi connectivity index (χ2n) is 13.3. The second kappa shape index (κ2) is 29.1. The summed E-state index contributed by atoms with van der Waals surface area (Å²) in [6.45, 7) is 40.0. The number of hydrogen-bond acceptors (Lipinski definition) is 2. The topological polar surface area (TPSA) is 52.8 Å². The van der Waals surface area contributed by atoms with Crippen LogP contribution in [0.15, 0.2) is 54.8 Å². The molecule has 1 aromatic rings. The van der Waals surface area contributed by atoms with Crippen LogP contribution in [0.2, 0.25) is 0 Å². The minimum atomic E-state index is 0. The first kappa shape index (κ1) is 49.5. The number of hydrogen-bond donors (Lipinski definition) is 1. The Balaban J connectivity index is -0.00000199. The van der Waals surface area contributed by atoms with Crippen molar-refractivity contribution in [1.29, 1.82) is 0 Å². The van der Waals surface area contributed by atoms with Gasteiger partial charge in [-0.3, -0.25) is 0 Å². The van der Waals surface area contributed by atoms with Crippen molar-refractivity contribution in [1.82, 2.24) is 5.32 Å². The zero-order chi connectivity index (χ0) is 35.7. The molecule has 3 rings (SSSR count). The number of rotatable bonds is 20. The first-order chi connectivity index (χ1) is 22.1. The molecule has 47 heavy (non-hydrogen) atoms. The van der Waals surface area contributed by atoms with Gasteiger partial charge in [0.25, 0.3) is 0 Å². The first-order valence-electron chi connectivity index (χ1n) is 19.4. The smallest absolute Gasteiger partial charge is 0.0719 e. The molecule has 1 saturated carbocycles. The lowest BCUT2D eigenvalue weighted by Gasteiger charge is -2.32. The summed E-state index contributed by atoms with van der Waals surface area (Å²) in [6, 6.07) is 7.67. The zero-order valence-electron chi connectivity index (χ0n) is 34.0. The van der Waals surface area contributed by atoms with Crippen molar-refractivity contribution >= 4 is 0 Å². The Hall–Kier alpha value is -1.84. The van der Waals surface area contributed by atoms with Crippen LogP contribution in [0.4, 0.5) is 0 Å². The first-order valence-corrected chi connectivity index (χ1v) is 19.4. The summed E-state index contributed by atoms with van der Waals surface area (Å²) in [7, 11) is 0. The van der Waals surface area contributed by atoms with Crippen LogP contribution in [0.5, 0.6) is 0 Å². The average molecular weight is 657 g/mol. The highest BCUT2D eigenvalue weighted by Gasteiger charge is 2.35. The molecule has 0 aliphatic heterocycles. The Labute approximate surface area is 295 Å². The molecule has 0 amide bonds. The number of allylic oxidation sites excluding steroid dienone is 4. The second-order valence-corrected chi connectivity index (χ2v) is 13.3. The Morgan fingerprint density at radius 3 is 2.06 bits per heavy atom. The quantitative estimate of drug-likeness (QED) is 0.112. The Morgan fingerprint density at radius 2 is 1.57 bits per heavy atom. The van der Waals surface area contributed by atoms with Gasteiger partial charge in [-0.2, -0.15) is 0 Å². The molecular formula is C44H82NO2. The van der Waals surface area contributed by atoms with Gasteiger partial charge in [-0.15, -0.1) is 6.58 Å². The standard InChI is InChI=1S/C36H56NO.4C2H6.H2O/c1-9-30(24-36(8,34-16-17-34)20-19-26(2)3)22-31-13-18-35(27(4)5)33(23-31)25-38-21-11-10-12-28(6)37-29(7)32-14-15-32;4*1-2;/h9,13,16-18,23,26-27,29-30,32,37H,1,6,10-12,14-15,19-22,24-25H2,2-5,7-8H3;4*1-2H3;1H2/t29?,30?,36-;;;;;/m1...../s1. The van der Waals surface area contributed by atoms with E-state index in [0.717, 1.165) is 44.1 Å². The fourth-order valence-electron chi connectivity index (χ4n) is 5.84. The molecule has 1 radical (unpaired) electrons. The minimum absolute atomic E-state index is 0. The van der Waals surface area contributed by atoms with Crippen LogP contribution in [0.1, 0.15) is 171 Å². The van der Waals surface area contributed by atoms with Gasteiger partial charge in [-0.1, -0.05) is 139 Å². The monoisotopic (exact) mass is 657 g/mol. The van der Waals surface area contributed by atoms with Crippen molar-refractivity contribution in [3.63, 3.8) is 0 Å². The van der Waals surface area contributed by atoms with Gasteiger partial charge in [0.15, 0.2) is 0 Å². The molecular weight excluding hydrogens is 574 g/mol. The summed E-state index contributed by atoms with van der Waals surface area (Å²) < 4.78 is 6.20. The summed E-state index contributed by atoms with van der Waals surface area (Å²) in [5.74, 6) is 2.59. The van der Waals surface area contributed by atoms with E-state index in [9.17, 15) is 0 Å². The lowest BCUT2D eigenvalue weighted by molar-refractivity contribution is 0.116. The molecule has 3 N–H and O–H groups in total. The number of nitrogens with one attached hydrogen (secondary N) is 1. The van der Waals surface area contributed by atoms with E-state index < -0.39 is 0 Å². The van der Waals surface area contributed by atoms with Crippen LogP contribution >= 0.6 is 0 Å². The van der Waals surface area contributed by atoms with E-state index in [1.54, 1.807) is 5.57 Å². The largest absolute Gasteiger partial charge is 0.412 e. The summed E-state index contributed by atoms with van der Waals surface area (Å²) in [6.07, 6.45) is 17.6. The van der Waals surface area contributed by atoms with Gasteiger partial charge in [0, 0.05) is 24.8 Å². The fourth-order valence-corrected chi connectivity index (χ4v) is 5.84. The van der Waals surface area contributed by atoms with Gasteiger partial charge in [-0.25, -0.2) is 0 Å². The maximum Gasteiger partial charge on any atom is 0.0719 e. The lowest BCUT2D eigenvalue weighted by Crippen LogP contribution is -2.26. The van der Waals surface area contributed by atoms with Crippen molar-refractivity contribution in [2.45, 2.75) is 173 Å². The van der Waals surface area contributed by atoms with E-state index in [0.29, 0.717) is 24.5 Å². The molecule has 3 atom stereocenters. The summed E-state index contributed by atoms with van der Waals surface area (Å²) >= 11 is 0. The van der Waals surface area contributed by atoms with Crippen LogP contribution in [-0.2, 0) is 17.8 Å². The van der Waals surface area contributed by atoms with E-state index in [4.69, 9.17) is 4.74 Å². The van der Waals surface area contributed by atoms with Crippen molar-refractivity contribution < 1.29 is 10.2 Å². The van der Waals surface area contributed by atoms with E-state index in [1.165, 1.54) is 54.5 Å². The molecule has 3 heteroatoms. The molecule has 1 aromatic carbocycles.